The highest BCUT2D eigenvalue weighted by atomic mass is 19.4. The van der Waals surface area contributed by atoms with Crippen LogP contribution in [0.5, 0.6) is 0 Å². The summed E-state index contributed by atoms with van der Waals surface area (Å²) in [5.74, 6) is -4.69. The molecule has 0 aliphatic heterocycles. The largest absolute Gasteiger partial charge is 0.459 e. The van der Waals surface area contributed by atoms with Crippen molar-refractivity contribution in [2.45, 2.75) is 63.1 Å². The summed E-state index contributed by atoms with van der Waals surface area (Å²) in [5, 5.41) is 0. The van der Waals surface area contributed by atoms with Crippen LogP contribution in [0.3, 0.4) is 0 Å². The molecule has 1 aliphatic rings. The molecule has 1 aliphatic carbocycles. The lowest BCUT2D eigenvalue weighted by molar-refractivity contribution is -0.359. The summed E-state index contributed by atoms with van der Waals surface area (Å²) < 4.78 is 87.0. The van der Waals surface area contributed by atoms with Crippen molar-refractivity contribution >= 4 is 11.9 Å². The van der Waals surface area contributed by atoms with Gasteiger partial charge in [-0.3, -0.25) is 0 Å². The van der Waals surface area contributed by atoms with Gasteiger partial charge in [0.1, 0.15) is 6.10 Å². The van der Waals surface area contributed by atoms with Crippen LogP contribution in [-0.2, 0) is 19.1 Å². The Hall–Kier alpha value is -1.74. The Morgan fingerprint density at radius 1 is 0.958 bits per heavy atom. The predicted molar refractivity (Wildman–Crippen MR) is 68.7 cm³/mol. The van der Waals surface area contributed by atoms with Crippen LogP contribution in [0.2, 0.25) is 0 Å². The summed E-state index contributed by atoms with van der Waals surface area (Å²) in [6.45, 7) is 3.77. The maximum Gasteiger partial charge on any atom is 0.449 e. The fraction of sp³-hybridized carbons (Fsp3) is 0.714. The lowest BCUT2D eigenvalue weighted by Gasteiger charge is -2.35. The van der Waals surface area contributed by atoms with Crippen LogP contribution in [-0.4, -0.2) is 36.0 Å². The van der Waals surface area contributed by atoms with Crippen LogP contribution in [0.25, 0.3) is 0 Å². The summed E-state index contributed by atoms with van der Waals surface area (Å²) in [6, 6.07) is 0. The minimum Gasteiger partial charge on any atom is -0.459 e. The molecule has 0 atom stereocenters. The van der Waals surface area contributed by atoms with Crippen LogP contribution in [0.4, 0.5) is 26.3 Å². The normalized spacial score (nSPS) is 17.3. The fourth-order valence-electron chi connectivity index (χ4n) is 2.19. The molecular formula is C14H16F6O4. The number of carbonyl (C=O) groups excluding carboxylic acids is 2. The molecule has 0 aromatic heterocycles. The molecule has 0 aromatic carbocycles. The van der Waals surface area contributed by atoms with Crippen LogP contribution in [0, 0.1) is 0 Å². The van der Waals surface area contributed by atoms with Crippen molar-refractivity contribution in [1.82, 2.24) is 0 Å². The number of hydrogen-bond donors (Lipinski definition) is 0. The highest BCUT2D eigenvalue weighted by molar-refractivity contribution is 5.92. The maximum atomic E-state index is 13.2. The summed E-state index contributed by atoms with van der Waals surface area (Å²) in [4.78, 5) is 23.1. The number of alkyl halides is 6. The van der Waals surface area contributed by atoms with Gasteiger partial charge in [0.05, 0.1) is 0 Å². The van der Waals surface area contributed by atoms with E-state index in [0.29, 0.717) is 12.8 Å². The Bertz CT molecular complexity index is 488. The maximum absolute atomic E-state index is 13.2. The Morgan fingerprint density at radius 3 is 1.79 bits per heavy atom. The summed E-state index contributed by atoms with van der Waals surface area (Å²) >= 11 is 0. The van der Waals surface area contributed by atoms with Gasteiger partial charge in [-0.2, -0.15) is 26.3 Å². The second-order valence-electron chi connectivity index (χ2n) is 5.51. The molecule has 138 valence electrons. The molecule has 1 rings (SSSR count). The zero-order chi connectivity index (χ0) is 18.8. The third-order valence-corrected chi connectivity index (χ3v) is 3.51. The first kappa shape index (κ1) is 20.3. The van der Waals surface area contributed by atoms with Gasteiger partial charge in [0.15, 0.2) is 0 Å². The Morgan fingerprint density at radius 2 is 1.42 bits per heavy atom. The van der Waals surface area contributed by atoms with Crippen molar-refractivity contribution in [1.29, 1.82) is 0 Å². The first-order valence-corrected chi connectivity index (χ1v) is 7.06. The average Bonchev–Trinajstić information content (AvgIpc) is 2.42. The lowest BCUT2D eigenvalue weighted by atomic mass is 9.97. The second-order valence-corrected chi connectivity index (χ2v) is 5.51. The van der Waals surface area contributed by atoms with Gasteiger partial charge in [-0.25, -0.2) is 9.59 Å². The number of halogens is 6. The second kappa shape index (κ2) is 7.02. The minimum absolute atomic E-state index is 0.145. The van der Waals surface area contributed by atoms with Gasteiger partial charge in [-0.1, -0.05) is 13.0 Å². The molecule has 0 radical (unpaired) electrons. The molecule has 0 N–H and O–H groups in total. The molecule has 0 aromatic rings. The zero-order valence-corrected chi connectivity index (χ0v) is 12.7. The van der Waals surface area contributed by atoms with Crippen molar-refractivity contribution in [2.24, 2.45) is 0 Å². The van der Waals surface area contributed by atoms with Crippen molar-refractivity contribution in [3.8, 4) is 0 Å². The molecule has 0 spiro atoms. The van der Waals surface area contributed by atoms with E-state index < -0.39 is 41.6 Å². The molecule has 10 heteroatoms. The van der Waals surface area contributed by atoms with Gasteiger partial charge < -0.3 is 9.47 Å². The third-order valence-electron chi connectivity index (χ3n) is 3.51. The average molecular weight is 362 g/mol. The van der Waals surface area contributed by atoms with E-state index in [1.807, 2.05) is 0 Å². The summed E-state index contributed by atoms with van der Waals surface area (Å²) in [6.07, 6.45) is -11.5. The summed E-state index contributed by atoms with van der Waals surface area (Å²) in [5.41, 5.74) is -6.11. The molecule has 0 amide bonds. The van der Waals surface area contributed by atoms with E-state index in [2.05, 4.69) is 16.1 Å². The van der Waals surface area contributed by atoms with Gasteiger partial charge in [0.2, 0.25) is 0 Å². The van der Waals surface area contributed by atoms with E-state index in [1.165, 1.54) is 0 Å². The van der Waals surface area contributed by atoms with Gasteiger partial charge >= 0.3 is 29.9 Å². The number of hydrogen-bond acceptors (Lipinski definition) is 4. The Kier molecular flexibility index (Phi) is 5.94. The number of carbonyl (C=O) groups is 2. The van der Waals surface area contributed by atoms with E-state index in [1.54, 1.807) is 0 Å². The summed E-state index contributed by atoms with van der Waals surface area (Å²) in [7, 11) is 0. The topological polar surface area (TPSA) is 52.6 Å². The standard InChI is InChI=1S/C14H16F6O4/c1-8(2)10(21)24-12(13(15,16)17,14(18,19)20)11(22)23-9-6-4-3-5-7-9/h9H,1,3-7H2,2H3. The SMILES string of the molecule is C=C(C)C(=O)OC(C(=O)OC1CCCCC1)(C(F)(F)F)C(F)(F)F. The third kappa shape index (κ3) is 4.02. The van der Waals surface area contributed by atoms with Crippen LogP contribution in [0.1, 0.15) is 39.0 Å². The Balaban J connectivity index is 3.25. The lowest BCUT2D eigenvalue weighted by Crippen LogP contribution is -2.65. The van der Waals surface area contributed by atoms with Gasteiger partial charge in [0.25, 0.3) is 0 Å². The molecule has 0 unspecified atom stereocenters. The first-order chi connectivity index (χ1) is 10.8. The van der Waals surface area contributed by atoms with Crippen LogP contribution < -0.4 is 0 Å². The highest BCUT2D eigenvalue weighted by Crippen LogP contribution is 2.47. The van der Waals surface area contributed by atoms with Gasteiger partial charge in [-0.05, 0) is 32.6 Å². The quantitative estimate of drug-likeness (QED) is 0.433. The fourth-order valence-corrected chi connectivity index (χ4v) is 2.19. The van der Waals surface area contributed by atoms with Gasteiger partial charge in [0, 0.05) is 5.57 Å². The number of rotatable bonds is 4. The van der Waals surface area contributed by atoms with Crippen LogP contribution >= 0.6 is 0 Å². The van der Waals surface area contributed by atoms with Crippen molar-refractivity contribution in [2.75, 3.05) is 0 Å². The molecular weight excluding hydrogens is 346 g/mol. The Labute approximate surface area is 133 Å². The van der Waals surface area contributed by atoms with Crippen molar-refractivity contribution in [3.05, 3.63) is 12.2 Å². The van der Waals surface area contributed by atoms with E-state index in [-0.39, 0.29) is 12.8 Å². The van der Waals surface area contributed by atoms with Crippen molar-refractivity contribution in [3.63, 3.8) is 0 Å². The van der Waals surface area contributed by atoms with E-state index >= 15 is 0 Å². The van der Waals surface area contributed by atoms with Crippen LogP contribution in [0.15, 0.2) is 12.2 Å². The molecule has 4 nitrogen and oxygen atoms in total. The predicted octanol–water partition coefficient (Wildman–Crippen LogP) is 3.85. The zero-order valence-electron chi connectivity index (χ0n) is 12.7. The van der Waals surface area contributed by atoms with Crippen molar-refractivity contribution < 1.29 is 45.4 Å². The van der Waals surface area contributed by atoms with E-state index in [4.69, 9.17) is 0 Å². The highest BCUT2D eigenvalue weighted by Gasteiger charge is 2.80. The smallest absolute Gasteiger partial charge is 0.449 e. The molecule has 0 bridgehead atoms. The monoisotopic (exact) mass is 362 g/mol. The van der Waals surface area contributed by atoms with E-state index in [0.717, 1.165) is 13.3 Å². The minimum atomic E-state index is -6.25. The molecule has 0 saturated heterocycles. The van der Waals surface area contributed by atoms with E-state index in [9.17, 15) is 35.9 Å². The molecule has 0 heterocycles. The molecule has 1 fully saturated rings. The van der Waals surface area contributed by atoms with Gasteiger partial charge in [-0.15, -0.1) is 0 Å². The number of ether oxygens (including phenoxy) is 2. The molecule has 24 heavy (non-hydrogen) atoms. The number of esters is 2. The first-order valence-electron chi connectivity index (χ1n) is 7.06. The molecule has 1 saturated carbocycles.